The SMILES string of the molecule is NC(=S)CNC(=O)c1cc(O)cc(O)c1. The van der Waals surface area contributed by atoms with E-state index in [1.807, 2.05) is 0 Å². The normalized spacial score (nSPS) is 9.60. The first-order chi connectivity index (χ1) is 6.99. The van der Waals surface area contributed by atoms with Gasteiger partial charge in [0.05, 0.1) is 11.5 Å². The van der Waals surface area contributed by atoms with Crippen LogP contribution in [0, 0.1) is 0 Å². The number of hydrogen-bond donors (Lipinski definition) is 4. The van der Waals surface area contributed by atoms with E-state index in [1.165, 1.54) is 12.1 Å². The summed E-state index contributed by atoms with van der Waals surface area (Å²) < 4.78 is 0. The Morgan fingerprint density at radius 1 is 1.33 bits per heavy atom. The Bertz CT molecular complexity index is 386. The predicted octanol–water partition coefficient (Wildman–Crippen LogP) is 0.114. The lowest BCUT2D eigenvalue weighted by Crippen LogP contribution is -2.32. The Kier molecular flexibility index (Phi) is 3.46. The van der Waals surface area contributed by atoms with Crippen LogP contribution >= 0.6 is 12.2 Å². The highest BCUT2D eigenvalue weighted by atomic mass is 32.1. The molecule has 0 bridgehead atoms. The molecule has 0 aliphatic carbocycles. The minimum absolute atomic E-state index is 0.0740. The largest absolute Gasteiger partial charge is 0.508 e. The number of carbonyl (C=O) groups is 1. The van der Waals surface area contributed by atoms with Crippen molar-refractivity contribution in [2.45, 2.75) is 0 Å². The fourth-order valence-corrected chi connectivity index (χ4v) is 1.07. The predicted molar refractivity (Wildman–Crippen MR) is 58.9 cm³/mol. The van der Waals surface area contributed by atoms with Crippen molar-refractivity contribution in [1.82, 2.24) is 5.32 Å². The van der Waals surface area contributed by atoms with Crippen LogP contribution in [0.5, 0.6) is 11.5 Å². The number of phenolic OH excluding ortho intramolecular Hbond substituents is 2. The third kappa shape index (κ3) is 3.43. The van der Waals surface area contributed by atoms with Gasteiger partial charge in [0.15, 0.2) is 0 Å². The smallest absolute Gasteiger partial charge is 0.251 e. The van der Waals surface area contributed by atoms with Crippen LogP contribution in [-0.2, 0) is 0 Å². The van der Waals surface area contributed by atoms with Crippen molar-refractivity contribution in [3.05, 3.63) is 23.8 Å². The van der Waals surface area contributed by atoms with E-state index < -0.39 is 5.91 Å². The summed E-state index contributed by atoms with van der Waals surface area (Å²) in [6.45, 7) is 0.0740. The monoisotopic (exact) mass is 226 g/mol. The van der Waals surface area contributed by atoms with Gasteiger partial charge in [0.1, 0.15) is 11.5 Å². The van der Waals surface area contributed by atoms with Crippen molar-refractivity contribution in [2.75, 3.05) is 6.54 Å². The fourth-order valence-electron chi connectivity index (χ4n) is 0.996. The highest BCUT2D eigenvalue weighted by Crippen LogP contribution is 2.19. The van der Waals surface area contributed by atoms with Crippen LogP contribution in [0.25, 0.3) is 0 Å². The van der Waals surface area contributed by atoms with Gasteiger partial charge >= 0.3 is 0 Å². The molecule has 0 aliphatic rings. The van der Waals surface area contributed by atoms with Crippen LogP contribution in [0.4, 0.5) is 0 Å². The summed E-state index contributed by atoms with van der Waals surface area (Å²) in [5.74, 6) is -0.833. The van der Waals surface area contributed by atoms with E-state index >= 15 is 0 Å². The highest BCUT2D eigenvalue weighted by Gasteiger charge is 2.07. The van der Waals surface area contributed by atoms with Crippen LogP contribution in [0.2, 0.25) is 0 Å². The van der Waals surface area contributed by atoms with Gasteiger partial charge in [-0.1, -0.05) is 12.2 Å². The molecule has 0 heterocycles. The fraction of sp³-hybridized carbons (Fsp3) is 0.111. The van der Waals surface area contributed by atoms with E-state index in [4.69, 9.17) is 15.9 Å². The molecule has 15 heavy (non-hydrogen) atoms. The number of rotatable bonds is 3. The quantitative estimate of drug-likeness (QED) is 0.549. The lowest BCUT2D eigenvalue weighted by Gasteiger charge is -2.04. The molecule has 1 aromatic carbocycles. The number of thiocarbonyl (C=S) groups is 1. The van der Waals surface area contributed by atoms with Gasteiger partial charge in [0, 0.05) is 11.6 Å². The van der Waals surface area contributed by atoms with Gasteiger partial charge in [0.25, 0.3) is 5.91 Å². The Hall–Kier alpha value is -1.82. The number of nitrogens with one attached hydrogen (secondary N) is 1. The standard InChI is InChI=1S/C9H10N2O3S/c10-8(15)4-11-9(14)5-1-6(12)3-7(13)2-5/h1-3,12-13H,4H2,(H2,10,15)(H,11,14). The second-order valence-corrected chi connectivity index (χ2v) is 3.41. The van der Waals surface area contributed by atoms with Gasteiger partial charge in [-0.15, -0.1) is 0 Å². The third-order valence-electron chi connectivity index (χ3n) is 1.59. The molecule has 1 rings (SSSR count). The summed E-state index contributed by atoms with van der Waals surface area (Å²) in [5.41, 5.74) is 5.34. The van der Waals surface area contributed by atoms with Crippen LogP contribution in [0.1, 0.15) is 10.4 Å². The number of aromatic hydroxyl groups is 2. The lowest BCUT2D eigenvalue weighted by molar-refractivity contribution is 0.0958. The maximum atomic E-state index is 11.4. The number of hydrogen-bond acceptors (Lipinski definition) is 4. The van der Waals surface area contributed by atoms with Crippen LogP contribution < -0.4 is 11.1 Å². The molecule has 0 atom stereocenters. The summed E-state index contributed by atoms with van der Waals surface area (Å²) in [6, 6.07) is 3.59. The van der Waals surface area contributed by atoms with E-state index in [0.29, 0.717) is 0 Å². The number of amides is 1. The molecule has 1 aromatic rings. The average molecular weight is 226 g/mol. The molecule has 80 valence electrons. The van der Waals surface area contributed by atoms with Gasteiger partial charge in [-0.25, -0.2) is 0 Å². The number of benzene rings is 1. The molecular weight excluding hydrogens is 216 g/mol. The topological polar surface area (TPSA) is 95.6 Å². The molecule has 0 aliphatic heterocycles. The number of phenols is 2. The van der Waals surface area contributed by atoms with Crippen molar-refractivity contribution >= 4 is 23.1 Å². The molecule has 0 radical (unpaired) electrons. The van der Waals surface area contributed by atoms with Crippen molar-refractivity contribution in [1.29, 1.82) is 0 Å². The van der Waals surface area contributed by atoms with E-state index in [1.54, 1.807) is 0 Å². The molecule has 6 heteroatoms. The zero-order valence-electron chi connectivity index (χ0n) is 7.73. The van der Waals surface area contributed by atoms with Crippen LogP contribution in [0.3, 0.4) is 0 Å². The number of nitrogens with two attached hydrogens (primary N) is 1. The average Bonchev–Trinajstić information content (AvgIpc) is 2.12. The molecular formula is C9H10N2O3S. The first kappa shape index (κ1) is 11.3. The molecule has 0 fully saturated rings. The first-order valence-corrected chi connectivity index (χ1v) is 4.49. The van der Waals surface area contributed by atoms with E-state index in [9.17, 15) is 4.79 Å². The van der Waals surface area contributed by atoms with Gasteiger partial charge in [-0.3, -0.25) is 4.79 Å². The molecule has 0 saturated heterocycles. The van der Waals surface area contributed by atoms with Gasteiger partial charge in [-0.2, -0.15) is 0 Å². The molecule has 5 nitrogen and oxygen atoms in total. The molecule has 0 saturated carbocycles. The molecule has 0 spiro atoms. The Morgan fingerprint density at radius 2 is 1.87 bits per heavy atom. The minimum atomic E-state index is -0.464. The zero-order valence-corrected chi connectivity index (χ0v) is 8.54. The summed E-state index contributed by atoms with van der Waals surface area (Å²) in [7, 11) is 0. The van der Waals surface area contributed by atoms with E-state index in [2.05, 4.69) is 17.5 Å². The van der Waals surface area contributed by atoms with E-state index in [-0.39, 0.29) is 28.6 Å². The van der Waals surface area contributed by atoms with Crippen LogP contribution in [-0.4, -0.2) is 27.7 Å². The molecule has 5 N–H and O–H groups in total. The van der Waals surface area contributed by atoms with Crippen molar-refractivity contribution in [3.63, 3.8) is 0 Å². The highest BCUT2D eigenvalue weighted by molar-refractivity contribution is 7.80. The minimum Gasteiger partial charge on any atom is -0.508 e. The summed E-state index contributed by atoms with van der Waals surface area (Å²) in [4.78, 5) is 11.6. The maximum absolute atomic E-state index is 11.4. The van der Waals surface area contributed by atoms with Crippen molar-refractivity contribution in [3.8, 4) is 11.5 Å². The van der Waals surface area contributed by atoms with Crippen molar-refractivity contribution in [2.24, 2.45) is 5.73 Å². The molecule has 0 unspecified atom stereocenters. The second-order valence-electron chi connectivity index (χ2n) is 2.89. The van der Waals surface area contributed by atoms with Gasteiger partial charge in [0.2, 0.25) is 0 Å². The molecule has 0 aromatic heterocycles. The number of carbonyl (C=O) groups excluding carboxylic acids is 1. The summed E-state index contributed by atoms with van der Waals surface area (Å²) in [5, 5.41) is 20.7. The third-order valence-corrected chi connectivity index (χ3v) is 1.73. The maximum Gasteiger partial charge on any atom is 0.251 e. The van der Waals surface area contributed by atoms with Gasteiger partial charge < -0.3 is 21.3 Å². The first-order valence-electron chi connectivity index (χ1n) is 4.08. The van der Waals surface area contributed by atoms with Crippen molar-refractivity contribution < 1.29 is 15.0 Å². The van der Waals surface area contributed by atoms with Gasteiger partial charge in [-0.05, 0) is 12.1 Å². The second kappa shape index (κ2) is 4.61. The Morgan fingerprint density at radius 3 is 2.33 bits per heavy atom. The summed E-state index contributed by atoms with van der Waals surface area (Å²) in [6.07, 6.45) is 0. The van der Waals surface area contributed by atoms with E-state index in [0.717, 1.165) is 6.07 Å². The Balaban J connectivity index is 2.77. The summed E-state index contributed by atoms with van der Waals surface area (Å²) >= 11 is 4.58. The molecule has 1 amide bonds. The zero-order chi connectivity index (χ0) is 11.4. The van der Waals surface area contributed by atoms with Crippen LogP contribution in [0.15, 0.2) is 18.2 Å². The Labute approximate surface area is 91.5 Å². The lowest BCUT2D eigenvalue weighted by atomic mass is 10.2.